The first-order valence-corrected chi connectivity index (χ1v) is 5.76. The van der Waals surface area contributed by atoms with E-state index in [1.54, 1.807) is 7.11 Å². The number of allylic oxidation sites excluding steroid dienone is 1. The molecule has 1 aromatic carbocycles. The van der Waals surface area contributed by atoms with Crippen molar-refractivity contribution in [3.8, 4) is 5.75 Å². The Kier molecular flexibility index (Phi) is 3.18. The van der Waals surface area contributed by atoms with E-state index in [9.17, 15) is 4.79 Å². The molecule has 3 heteroatoms. The molecule has 0 spiro atoms. The number of aryl methyl sites for hydroxylation is 1. The molecule has 1 aromatic rings. The maximum atomic E-state index is 11.1. The molecule has 90 valence electrons. The SMILES string of the molecule is COc1ccc(C(CC(N)=O)=C2CC2)cc1C. The van der Waals surface area contributed by atoms with Crippen molar-refractivity contribution in [3.05, 3.63) is 34.9 Å². The van der Waals surface area contributed by atoms with Gasteiger partial charge in [-0.05, 0) is 48.6 Å². The normalized spacial score (nSPS) is 13.4. The lowest BCUT2D eigenvalue weighted by molar-refractivity contribution is -0.117. The van der Waals surface area contributed by atoms with Gasteiger partial charge in [0.1, 0.15) is 5.75 Å². The minimum atomic E-state index is -0.270. The summed E-state index contributed by atoms with van der Waals surface area (Å²) in [5.41, 5.74) is 9.92. The Morgan fingerprint density at radius 1 is 1.41 bits per heavy atom. The topological polar surface area (TPSA) is 52.3 Å². The van der Waals surface area contributed by atoms with Crippen molar-refractivity contribution in [2.45, 2.75) is 26.2 Å². The van der Waals surface area contributed by atoms with E-state index in [1.807, 2.05) is 19.1 Å². The van der Waals surface area contributed by atoms with E-state index >= 15 is 0 Å². The Morgan fingerprint density at radius 3 is 2.59 bits per heavy atom. The van der Waals surface area contributed by atoms with Crippen LogP contribution in [0, 0.1) is 6.92 Å². The summed E-state index contributed by atoms with van der Waals surface area (Å²) in [5, 5.41) is 0. The van der Waals surface area contributed by atoms with Crippen LogP contribution in [0.3, 0.4) is 0 Å². The van der Waals surface area contributed by atoms with E-state index in [1.165, 1.54) is 5.57 Å². The van der Waals surface area contributed by atoms with Gasteiger partial charge in [0.05, 0.1) is 13.5 Å². The van der Waals surface area contributed by atoms with Crippen molar-refractivity contribution in [1.29, 1.82) is 0 Å². The number of carbonyl (C=O) groups is 1. The molecule has 0 saturated heterocycles. The molecule has 1 aliphatic rings. The Balaban J connectivity index is 2.35. The predicted molar refractivity (Wildman–Crippen MR) is 67.7 cm³/mol. The highest BCUT2D eigenvalue weighted by molar-refractivity contribution is 5.89. The molecule has 0 atom stereocenters. The van der Waals surface area contributed by atoms with Gasteiger partial charge in [0.2, 0.25) is 5.91 Å². The van der Waals surface area contributed by atoms with E-state index in [0.717, 1.165) is 35.3 Å². The van der Waals surface area contributed by atoms with Gasteiger partial charge in [0, 0.05) is 0 Å². The number of methoxy groups -OCH3 is 1. The smallest absolute Gasteiger partial charge is 0.221 e. The van der Waals surface area contributed by atoms with Gasteiger partial charge in [-0.3, -0.25) is 4.79 Å². The number of amides is 1. The van der Waals surface area contributed by atoms with E-state index in [-0.39, 0.29) is 5.91 Å². The van der Waals surface area contributed by atoms with Gasteiger partial charge in [-0.25, -0.2) is 0 Å². The third kappa shape index (κ3) is 2.67. The molecule has 2 rings (SSSR count). The van der Waals surface area contributed by atoms with E-state index in [2.05, 4.69) is 6.07 Å². The third-order valence-electron chi connectivity index (χ3n) is 3.02. The average Bonchev–Trinajstić information content (AvgIpc) is 3.09. The first-order chi connectivity index (χ1) is 8.11. The first kappa shape index (κ1) is 11.7. The molecule has 2 N–H and O–H groups in total. The van der Waals surface area contributed by atoms with Crippen LogP contribution in [0.15, 0.2) is 23.8 Å². The highest BCUT2D eigenvalue weighted by Crippen LogP contribution is 2.38. The summed E-state index contributed by atoms with van der Waals surface area (Å²) < 4.78 is 5.23. The summed E-state index contributed by atoms with van der Waals surface area (Å²) >= 11 is 0. The van der Waals surface area contributed by atoms with E-state index in [4.69, 9.17) is 10.5 Å². The number of rotatable bonds is 4. The number of benzene rings is 1. The van der Waals surface area contributed by atoms with Crippen molar-refractivity contribution in [3.63, 3.8) is 0 Å². The van der Waals surface area contributed by atoms with Gasteiger partial charge in [0.25, 0.3) is 0 Å². The lowest BCUT2D eigenvalue weighted by Crippen LogP contribution is -2.11. The molecular weight excluding hydrogens is 214 g/mol. The molecule has 0 heterocycles. The van der Waals surface area contributed by atoms with Gasteiger partial charge in [0.15, 0.2) is 0 Å². The van der Waals surface area contributed by atoms with Crippen LogP contribution < -0.4 is 10.5 Å². The first-order valence-electron chi connectivity index (χ1n) is 5.76. The fourth-order valence-corrected chi connectivity index (χ4v) is 2.04. The van der Waals surface area contributed by atoms with E-state index in [0.29, 0.717) is 6.42 Å². The molecule has 1 aliphatic carbocycles. The molecule has 0 unspecified atom stereocenters. The zero-order chi connectivity index (χ0) is 12.4. The minimum Gasteiger partial charge on any atom is -0.496 e. The maximum Gasteiger partial charge on any atom is 0.221 e. The zero-order valence-corrected chi connectivity index (χ0v) is 10.2. The lowest BCUT2D eigenvalue weighted by Gasteiger charge is -2.09. The van der Waals surface area contributed by atoms with Crippen LogP contribution in [-0.2, 0) is 4.79 Å². The van der Waals surface area contributed by atoms with Crippen molar-refractivity contribution >= 4 is 11.5 Å². The van der Waals surface area contributed by atoms with Gasteiger partial charge in [-0.2, -0.15) is 0 Å². The standard InChI is InChI=1S/C14H17NO2/c1-9-7-11(5-6-13(9)17-2)12(8-14(15)16)10-3-4-10/h5-7H,3-4,8H2,1-2H3,(H2,15,16). The summed E-state index contributed by atoms with van der Waals surface area (Å²) in [4.78, 5) is 11.1. The summed E-state index contributed by atoms with van der Waals surface area (Å²) in [7, 11) is 1.66. The maximum absolute atomic E-state index is 11.1. The van der Waals surface area contributed by atoms with Gasteiger partial charge >= 0.3 is 0 Å². The Morgan fingerprint density at radius 2 is 2.12 bits per heavy atom. The summed E-state index contributed by atoms with van der Waals surface area (Å²) in [6, 6.07) is 5.99. The largest absolute Gasteiger partial charge is 0.496 e. The van der Waals surface area contributed by atoms with Crippen LogP contribution in [0.25, 0.3) is 5.57 Å². The Labute approximate surface area is 101 Å². The van der Waals surface area contributed by atoms with E-state index < -0.39 is 0 Å². The van der Waals surface area contributed by atoms with Crippen molar-refractivity contribution in [2.24, 2.45) is 5.73 Å². The van der Waals surface area contributed by atoms with Crippen LogP contribution >= 0.6 is 0 Å². The molecule has 17 heavy (non-hydrogen) atoms. The Bertz CT molecular complexity index is 483. The third-order valence-corrected chi connectivity index (χ3v) is 3.02. The molecule has 0 bridgehead atoms. The molecule has 0 aromatic heterocycles. The van der Waals surface area contributed by atoms with Crippen LogP contribution in [0.2, 0.25) is 0 Å². The van der Waals surface area contributed by atoms with Gasteiger partial charge < -0.3 is 10.5 Å². The van der Waals surface area contributed by atoms with Gasteiger partial charge in [-0.15, -0.1) is 0 Å². The summed E-state index contributed by atoms with van der Waals surface area (Å²) in [5.74, 6) is 0.598. The fourth-order valence-electron chi connectivity index (χ4n) is 2.04. The van der Waals surface area contributed by atoms with Crippen molar-refractivity contribution < 1.29 is 9.53 Å². The Hall–Kier alpha value is -1.77. The molecule has 3 nitrogen and oxygen atoms in total. The second kappa shape index (κ2) is 4.62. The van der Waals surface area contributed by atoms with Crippen LogP contribution in [0.4, 0.5) is 0 Å². The minimum absolute atomic E-state index is 0.270. The molecule has 1 amide bonds. The van der Waals surface area contributed by atoms with Gasteiger partial charge in [-0.1, -0.05) is 11.6 Å². The molecule has 0 aliphatic heterocycles. The summed E-state index contributed by atoms with van der Waals surface area (Å²) in [6.07, 6.45) is 2.52. The molecule has 1 saturated carbocycles. The quantitative estimate of drug-likeness (QED) is 0.865. The molecular formula is C14H17NO2. The second-order valence-electron chi connectivity index (χ2n) is 4.41. The van der Waals surface area contributed by atoms with Crippen LogP contribution in [0.1, 0.15) is 30.4 Å². The van der Waals surface area contributed by atoms with Crippen LogP contribution in [0.5, 0.6) is 5.75 Å². The predicted octanol–water partition coefficient (Wildman–Crippen LogP) is 2.43. The molecule has 0 radical (unpaired) electrons. The zero-order valence-electron chi connectivity index (χ0n) is 10.2. The number of hydrogen-bond acceptors (Lipinski definition) is 2. The lowest BCUT2D eigenvalue weighted by atomic mass is 9.99. The monoisotopic (exact) mass is 231 g/mol. The number of hydrogen-bond donors (Lipinski definition) is 1. The van der Waals surface area contributed by atoms with Crippen molar-refractivity contribution in [1.82, 2.24) is 0 Å². The number of carbonyl (C=O) groups excluding carboxylic acids is 1. The average molecular weight is 231 g/mol. The van der Waals surface area contributed by atoms with Crippen LogP contribution in [-0.4, -0.2) is 13.0 Å². The highest BCUT2D eigenvalue weighted by Gasteiger charge is 2.20. The number of ether oxygens (including phenoxy) is 1. The fraction of sp³-hybridized carbons (Fsp3) is 0.357. The van der Waals surface area contributed by atoms with Crippen molar-refractivity contribution in [2.75, 3.05) is 7.11 Å². The number of primary amides is 1. The number of nitrogens with two attached hydrogens (primary N) is 1. The molecule has 1 fully saturated rings. The summed E-state index contributed by atoms with van der Waals surface area (Å²) in [6.45, 7) is 2.00. The highest BCUT2D eigenvalue weighted by atomic mass is 16.5. The second-order valence-corrected chi connectivity index (χ2v) is 4.41.